The molecule has 2 aromatic carbocycles. The maximum Gasteiger partial charge on any atom is 0.309 e. The maximum absolute atomic E-state index is 13.1. The van der Waals surface area contributed by atoms with Crippen molar-refractivity contribution in [1.29, 1.82) is 0 Å². The maximum atomic E-state index is 13.1. The molecule has 0 spiro atoms. The minimum absolute atomic E-state index is 0.00147. The molecule has 1 aliphatic rings. The Hall–Kier alpha value is -2.91. The SMILES string of the molecule is CCOC(=O)C1CCN(S(=O)(=O)c2cccc(C(=O)CNc3ccccc3OCC)c2)CC1. The van der Waals surface area contributed by atoms with E-state index in [4.69, 9.17) is 9.47 Å². The van der Waals surface area contributed by atoms with Gasteiger partial charge in [0.2, 0.25) is 10.0 Å². The zero-order valence-electron chi connectivity index (χ0n) is 19.0. The lowest BCUT2D eigenvalue weighted by atomic mass is 9.98. The minimum atomic E-state index is -3.77. The van der Waals surface area contributed by atoms with E-state index in [-0.39, 0.29) is 42.2 Å². The summed E-state index contributed by atoms with van der Waals surface area (Å²) in [5.74, 6) is -0.148. The number of piperidine rings is 1. The highest BCUT2D eigenvalue weighted by Gasteiger charge is 2.33. The Kier molecular flexibility index (Phi) is 8.46. The Balaban J connectivity index is 1.66. The Morgan fingerprint density at radius 1 is 1.03 bits per heavy atom. The number of ketones is 1. The molecular weight excluding hydrogens is 444 g/mol. The summed E-state index contributed by atoms with van der Waals surface area (Å²) in [6, 6.07) is 13.4. The molecular formula is C24H30N2O6S. The molecule has 3 rings (SSSR count). The van der Waals surface area contributed by atoms with Crippen molar-refractivity contribution in [2.24, 2.45) is 5.92 Å². The molecule has 1 N–H and O–H groups in total. The van der Waals surface area contributed by atoms with Gasteiger partial charge >= 0.3 is 5.97 Å². The van der Waals surface area contributed by atoms with E-state index in [1.165, 1.54) is 16.4 Å². The zero-order valence-corrected chi connectivity index (χ0v) is 19.8. The normalized spacial score (nSPS) is 15.1. The Morgan fingerprint density at radius 2 is 1.76 bits per heavy atom. The first-order valence-corrected chi connectivity index (χ1v) is 12.6. The number of esters is 1. The molecule has 178 valence electrons. The number of Topliss-reactive ketones (excluding diaryl/α,β-unsaturated/α-hetero) is 1. The van der Waals surface area contributed by atoms with Gasteiger partial charge in [-0.3, -0.25) is 9.59 Å². The largest absolute Gasteiger partial charge is 0.492 e. The molecule has 1 heterocycles. The van der Waals surface area contributed by atoms with Gasteiger partial charge in [-0.25, -0.2) is 8.42 Å². The number of anilines is 1. The van der Waals surface area contributed by atoms with Crippen LogP contribution < -0.4 is 10.1 Å². The first-order chi connectivity index (χ1) is 15.9. The first-order valence-electron chi connectivity index (χ1n) is 11.1. The number of carbonyl (C=O) groups is 2. The summed E-state index contributed by atoms with van der Waals surface area (Å²) in [4.78, 5) is 24.8. The third-order valence-corrected chi connectivity index (χ3v) is 7.39. The van der Waals surface area contributed by atoms with Crippen LogP contribution in [0.1, 0.15) is 37.0 Å². The van der Waals surface area contributed by atoms with E-state index in [0.29, 0.717) is 43.1 Å². The molecule has 1 saturated heterocycles. The summed E-state index contributed by atoms with van der Waals surface area (Å²) in [7, 11) is -3.77. The average Bonchev–Trinajstić information content (AvgIpc) is 2.84. The van der Waals surface area contributed by atoms with Crippen molar-refractivity contribution in [2.45, 2.75) is 31.6 Å². The van der Waals surface area contributed by atoms with E-state index in [0.717, 1.165) is 0 Å². The predicted octanol–water partition coefficient (Wildman–Crippen LogP) is 3.34. The van der Waals surface area contributed by atoms with Crippen LogP contribution in [0.2, 0.25) is 0 Å². The second-order valence-electron chi connectivity index (χ2n) is 7.66. The highest BCUT2D eigenvalue weighted by Crippen LogP contribution is 2.26. The summed E-state index contributed by atoms with van der Waals surface area (Å²) in [5, 5.41) is 3.07. The third kappa shape index (κ3) is 6.11. The number of nitrogens with one attached hydrogen (secondary N) is 1. The van der Waals surface area contributed by atoms with Crippen LogP contribution in [0.4, 0.5) is 5.69 Å². The Labute approximate surface area is 194 Å². The van der Waals surface area contributed by atoms with E-state index in [2.05, 4.69) is 5.32 Å². The number of rotatable bonds is 10. The molecule has 9 heteroatoms. The number of para-hydroxylation sites is 2. The fourth-order valence-corrected chi connectivity index (χ4v) is 5.26. The molecule has 1 fully saturated rings. The smallest absolute Gasteiger partial charge is 0.309 e. The number of ether oxygens (including phenoxy) is 2. The Morgan fingerprint density at radius 3 is 2.45 bits per heavy atom. The van der Waals surface area contributed by atoms with Gasteiger partial charge in [-0.1, -0.05) is 24.3 Å². The van der Waals surface area contributed by atoms with E-state index in [1.54, 1.807) is 19.1 Å². The molecule has 0 radical (unpaired) electrons. The first kappa shape index (κ1) is 24.7. The second-order valence-corrected chi connectivity index (χ2v) is 9.60. The number of carbonyl (C=O) groups excluding carboxylic acids is 2. The van der Waals surface area contributed by atoms with Gasteiger partial charge in [0.25, 0.3) is 0 Å². The van der Waals surface area contributed by atoms with Gasteiger partial charge in [0.1, 0.15) is 5.75 Å². The van der Waals surface area contributed by atoms with Crippen molar-refractivity contribution in [1.82, 2.24) is 4.31 Å². The Bertz CT molecular complexity index is 1080. The number of hydrogen-bond donors (Lipinski definition) is 1. The number of hydrogen-bond acceptors (Lipinski definition) is 7. The number of sulfonamides is 1. The standard InChI is InChI=1S/C24H30N2O6S/c1-3-31-23-11-6-5-10-21(23)25-17-22(27)19-8-7-9-20(16-19)33(29,30)26-14-12-18(13-15-26)24(28)32-4-2/h5-11,16,18,25H,3-4,12-15,17H2,1-2H3. The van der Waals surface area contributed by atoms with Crippen molar-refractivity contribution in [3.8, 4) is 5.75 Å². The molecule has 1 aliphatic heterocycles. The molecule has 0 bridgehead atoms. The molecule has 8 nitrogen and oxygen atoms in total. The van der Waals surface area contributed by atoms with Crippen LogP contribution in [0, 0.1) is 5.92 Å². The van der Waals surface area contributed by atoms with Crippen molar-refractivity contribution in [2.75, 3.05) is 38.2 Å². The molecule has 0 atom stereocenters. The van der Waals surface area contributed by atoms with Crippen LogP contribution in [-0.2, 0) is 19.6 Å². The van der Waals surface area contributed by atoms with Crippen molar-refractivity contribution in [3.05, 3.63) is 54.1 Å². The van der Waals surface area contributed by atoms with Crippen LogP contribution >= 0.6 is 0 Å². The molecule has 0 saturated carbocycles. The van der Waals surface area contributed by atoms with Gasteiger partial charge < -0.3 is 14.8 Å². The fraction of sp³-hybridized carbons (Fsp3) is 0.417. The minimum Gasteiger partial charge on any atom is -0.492 e. The lowest BCUT2D eigenvalue weighted by Gasteiger charge is -2.30. The summed E-state index contributed by atoms with van der Waals surface area (Å²) in [6.07, 6.45) is 0.833. The van der Waals surface area contributed by atoms with Crippen molar-refractivity contribution < 1.29 is 27.5 Å². The predicted molar refractivity (Wildman–Crippen MR) is 125 cm³/mol. The molecule has 0 amide bonds. The van der Waals surface area contributed by atoms with Gasteiger partial charge in [0.15, 0.2) is 5.78 Å². The topological polar surface area (TPSA) is 102 Å². The molecule has 0 aromatic heterocycles. The van der Waals surface area contributed by atoms with E-state index in [1.807, 2.05) is 31.2 Å². The summed E-state index contributed by atoms with van der Waals surface area (Å²) >= 11 is 0. The number of nitrogens with zero attached hydrogens (tertiary/aromatic N) is 1. The fourth-order valence-electron chi connectivity index (χ4n) is 3.74. The van der Waals surface area contributed by atoms with E-state index < -0.39 is 10.0 Å². The number of benzene rings is 2. The molecule has 2 aromatic rings. The van der Waals surface area contributed by atoms with Gasteiger partial charge in [0.05, 0.1) is 36.3 Å². The zero-order chi connectivity index (χ0) is 23.8. The van der Waals surface area contributed by atoms with E-state index >= 15 is 0 Å². The van der Waals surface area contributed by atoms with Gasteiger partial charge in [-0.2, -0.15) is 4.31 Å². The molecule has 33 heavy (non-hydrogen) atoms. The van der Waals surface area contributed by atoms with Crippen LogP contribution in [0.15, 0.2) is 53.4 Å². The summed E-state index contributed by atoms with van der Waals surface area (Å²) in [6.45, 7) is 4.91. The van der Waals surface area contributed by atoms with Gasteiger partial charge in [-0.05, 0) is 51.0 Å². The molecule has 0 unspecified atom stereocenters. The summed E-state index contributed by atoms with van der Waals surface area (Å²) in [5.41, 5.74) is 1.000. The lowest BCUT2D eigenvalue weighted by Crippen LogP contribution is -2.40. The van der Waals surface area contributed by atoms with Gasteiger partial charge in [-0.15, -0.1) is 0 Å². The quantitative estimate of drug-likeness (QED) is 0.416. The average molecular weight is 475 g/mol. The van der Waals surface area contributed by atoms with Gasteiger partial charge in [0, 0.05) is 18.7 Å². The molecule has 0 aliphatic carbocycles. The summed E-state index contributed by atoms with van der Waals surface area (Å²) < 4.78 is 38.2. The highest BCUT2D eigenvalue weighted by molar-refractivity contribution is 7.89. The van der Waals surface area contributed by atoms with Crippen LogP contribution in [-0.4, -0.2) is 57.3 Å². The lowest BCUT2D eigenvalue weighted by molar-refractivity contribution is -0.149. The van der Waals surface area contributed by atoms with Crippen LogP contribution in [0.25, 0.3) is 0 Å². The van der Waals surface area contributed by atoms with Crippen molar-refractivity contribution in [3.63, 3.8) is 0 Å². The monoisotopic (exact) mass is 474 g/mol. The van der Waals surface area contributed by atoms with Crippen LogP contribution in [0.3, 0.4) is 0 Å². The third-order valence-electron chi connectivity index (χ3n) is 5.49. The second kappa shape index (κ2) is 11.3. The van der Waals surface area contributed by atoms with Crippen molar-refractivity contribution >= 4 is 27.5 Å². The highest BCUT2D eigenvalue weighted by atomic mass is 32.2. The van der Waals surface area contributed by atoms with E-state index in [9.17, 15) is 18.0 Å². The van der Waals surface area contributed by atoms with Crippen LogP contribution in [0.5, 0.6) is 5.75 Å².